The summed E-state index contributed by atoms with van der Waals surface area (Å²) in [5.41, 5.74) is -1.86. The first kappa shape index (κ1) is 24.8. The van der Waals surface area contributed by atoms with Gasteiger partial charge in [0.1, 0.15) is 19.1 Å². The lowest BCUT2D eigenvalue weighted by atomic mass is 9.71. The van der Waals surface area contributed by atoms with Gasteiger partial charge in [0.15, 0.2) is 11.8 Å². The maximum Gasteiger partial charge on any atom is 0.353 e. The molecule has 1 saturated heterocycles. The standard InChI is InChI=1S/C23H20FN5O7/c24-11-15-22(32,17(30)13-7-3-1-4-8-13)23(33,18(31)14-9-5-2-6-10-14)21(36-15)28-20-16(29(34)35)19(25)26-12-27-20/h1-10,12,15,21,32-33H,11H2,(H3,25,26,27,28)/t15-,21-,22+,23+/m1/s1. The van der Waals surface area contributed by atoms with E-state index in [0.29, 0.717) is 0 Å². The Morgan fingerprint density at radius 2 is 1.56 bits per heavy atom. The number of carbonyl (C=O) groups is 2. The summed E-state index contributed by atoms with van der Waals surface area (Å²) in [5, 5.41) is 37.5. The number of aromatic nitrogens is 2. The fourth-order valence-corrected chi connectivity index (χ4v) is 4.13. The van der Waals surface area contributed by atoms with Crippen LogP contribution in [0.1, 0.15) is 20.7 Å². The number of rotatable bonds is 8. The van der Waals surface area contributed by atoms with Crippen LogP contribution in [-0.4, -0.2) is 66.9 Å². The average Bonchev–Trinajstić information content (AvgIpc) is 3.11. The van der Waals surface area contributed by atoms with Gasteiger partial charge in [-0.05, 0) is 0 Å². The van der Waals surface area contributed by atoms with Crippen LogP contribution in [0, 0.1) is 10.1 Å². The molecule has 4 rings (SSSR count). The first-order chi connectivity index (χ1) is 17.2. The molecule has 4 atom stereocenters. The number of aliphatic hydroxyl groups is 2. The summed E-state index contributed by atoms with van der Waals surface area (Å²) in [7, 11) is 0. The SMILES string of the molecule is Nc1ncnc(N[C@@H]2O[C@H](CF)[C@](O)(C(=O)c3ccccc3)[C@]2(O)C(=O)c2ccccc2)c1[N+](=O)[O-]. The maximum atomic E-state index is 14.2. The molecule has 1 aliphatic heterocycles. The minimum absolute atomic E-state index is 0.140. The van der Waals surface area contributed by atoms with Crippen LogP contribution < -0.4 is 11.1 Å². The van der Waals surface area contributed by atoms with Gasteiger partial charge in [0.05, 0.1) is 4.92 Å². The summed E-state index contributed by atoms with van der Waals surface area (Å²) in [4.78, 5) is 45.1. The van der Waals surface area contributed by atoms with Gasteiger partial charge < -0.3 is 26.0 Å². The monoisotopic (exact) mass is 497 g/mol. The fraction of sp³-hybridized carbons (Fsp3) is 0.217. The van der Waals surface area contributed by atoms with E-state index in [1.54, 1.807) is 12.1 Å². The molecular formula is C23H20FN5O7. The molecule has 12 nitrogen and oxygen atoms in total. The highest BCUT2D eigenvalue weighted by Gasteiger charge is 2.73. The third kappa shape index (κ3) is 3.75. The molecule has 186 valence electrons. The number of ether oxygens (including phenoxy) is 1. The number of nitrogens with zero attached hydrogens (tertiary/aromatic N) is 3. The van der Waals surface area contributed by atoms with Crippen molar-refractivity contribution in [3.63, 3.8) is 0 Å². The van der Waals surface area contributed by atoms with E-state index < -0.39 is 64.0 Å². The Kier molecular flexibility index (Phi) is 6.45. The van der Waals surface area contributed by atoms with Crippen LogP contribution in [0.25, 0.3) is 0 Å². The molecule has 0 aliphatic carbocycles. The van der Waals surface area contributed by atoms with Crippen LogP contribution in [0.4, 0.5) is 21.7 Å². The van der Waals surface area contributed by atoms with Gasteiger partial charge in [0, 0.05) is 11.1 Å². The molecule has 1 aliphatic rings. The van der Waals surface area contributed by atoms with E-state index in [1.807, 2.05) is 0 Å². The molecule has 0 unspecified atom stereocenters. The molecule has 0 amide bonds. The molecule has 5 N–H and O–H groups in total. The average molecular weight is 497 g/mol. The van der Waals surface area contributed by atoms with Crippen LogP contribution in [-0.2, 0) is 4.74 Å². The fourth-order valence-electron chi connectivity index (χ4n) is 4.13. The number of nitrogen functional groups attached to an aromatic ring is 1. The summed E-state index contributed by atoms with van der Waals surface area (Å²) in [6.07, 6.45) is -3.25. The first-order valence-electron chi connectivity index (χ1n) is 10.5. The Bertz CT molecular complexity index is 1310. The third-order valence-electron chi connectivity index (χ3n) is 5.93. The van der Waals surface area contributed by atoms with Crippen LogP contribution in [0.2, 0.25) is 0 Å². The molecule has 2 heterocycles. The van der Waals surface area contributed by atoms with Crippen molar-refractivity contribution < 1.29 is 33.9 Å². The summed E-state index contributed by atoms with van der Waals surface area (Å²) in [6, 6.07) is 14.3. The molecule has 1 aromatic heterocycles. The zero-order valence-corrected chi connectivity index (χ0v) is 18.4. The molecule has 0 saturated carbocycles. The number of halogens is 1. The van der Waals surface area contributed by atoms with Crippen LogP contribution >= 0.6 is 0 Å². The van der Waals surface area contributed by atoms with Gasteiger partial charge in [-0.3, -0.25) is 19.7 Å². The van der Waals surface area contributed by atoms with E-state index in [9.17, 15) is 34.3 Å². The van der Waals surface area contributed by atoms with Gasteiger partial charge in [-0.2, -0.15) is 0 Å². The zero-order chi connectivity index (χ0) is 26.1. The number of nitrogens with one attached hydrogen (secondary N) is 1. The van der Waals surface area contributed by atoms with Crippen molar-refractivity contribution in [3.05, 3.63) is 88.2 Å². The van der Waals surface area contributed by atoms with E-state index in [2.05, 4.69) is 15.3 Å². The van der Waals surface area contributed by atoms with Crippen molar-refractivity contribution in [3.8, 4) is 0 Å². The largest absolute Gasteiger partial charge is 0.378 e. The predicted octanol–water partition coefficient (Wildman–Crippen LogP) is 1.30. The zero-order valence-electron chi connectivity index (χ0n) is 18.4. The lowest BCUT2D eigenvalue weighted by Gasteiger charge is -2.38. The van der Waals surface area contributed by atoms with Gasteiger partial charge in [-0.1, -0.05) is 60.7 Å². The van der Waals surface area contributed by atoms with Gasteiger partial charge in [-0.25, -0.2) is 14.4 Å². The van der Waals surface area contributed by atoms with Crippen molar-refractivity contribution in [2.24, 2.45) is 0 Å². The van der Waals surface area contributed by atoms with E-state index in [0.717, 1.165) is 6.33 Å². The Balaban J connectivity index is 1.90. The predicted molar refractivity (Wildman–Crippen MR) is 123 cm³/mol. The van der Waals surface area contributed by atoms with Gasteiger partial charge >= 0.3 is 5.69 Å². The second-order valence-electron chi connectivity index (χ2n) is 7.94. The number of nitro groups is 1. The topological polar surface area (TPSA) is 191 Å². The van der Waals surface area contributed by atoms with Crippen LogP contribution in [0.3, 0.4) is 0 Å². The van der Waals surface area contributed by atoms with Crippen molar-refractivity contribution in [1.29, 1.82) is 0 Å². The number of nitrogens with two attached hydrogens (primary N) is 1. The molecule has 1 fully saturated rings. The van der Waals surface area contributed by atoms with Crippen molar-refractivity contribution in [1.82, 2.24) is 9.97 Å². The summed E-state index contributed by atoms with van der Waals surface area (Å²) >= 11 is 0. The number of ketones is 2. The lowest BCUT2D eigenvalue weighted by Crippen LogP contribution is -2.69. The van der Waals surface area contributed by atoms with Gasteiger partial charge in [0.25, 0.3) is 0 Å². The maximum absolute atomic E-state index is 14.2. The molecule has 0 spiro atoms. The summed E-state index contributed by atoms with van der Waals surface area (Å²) in [5.74, 6) is -3.54. The van der Waals surface area contributed by atoms with Crippen molar-refractivity contribution in [2.75, 3.05) is 17.7 Å². The van der Waals surface area contributed by atoms with Crippen molar-refractivity contribution >= 4 is 28.9 Å². The van der Waals surface area contributed by atoms with Gasteiger partial charge in [0.2, 0.25) is 28.8 Å². The number of alkyl halides is 1. The Hall–Kier alpha value is -4.33. The minimum Gasteiger partial charge on any atom is -0.378 e. The van der Waals surface area contributed by atoms with Crippen LogP contribution in [0.15, 0.2) is 67.0 Å². The quantitative estimate of drug-likeness (QED) is 0.199. The van der Waals surface area contributed by atoms with E-state index in [1.165, 1.54) is 48.5 Å². The lowest BCUT2D eigenvalue weighted by molar-refractivity contribution is -0.383. The smallest absolute Gasteiger partial charge is 0.353 e. The number of benzene rings is 2. The highest BCUT2D eigenvalue weighted by Crippen LogP contribution is 2.45. The van der Waals surface area contributed by atoms with E-state index in [4.69, 9.17) is 10.5 Å². The number of hydrogen-bond donors (Lipinski definition) is 4. The number of Topliss-reactive ketones (excluding diaryl/α,β-unsaturated/α-hetero) is 2. The highest BCUT2D eigenvalue weighted by atomic mass is 19.1. The molecule has 13 heteroatoms. The molecule has 36 heavy (non-hydrogen) atoms. The Labute approximate surface area is 202 Å². The molecule has 0 radical (unpaired) electrons. The second-order valence-corrected chi connectivity index (χ2v) is 7.94. The van der Waals surface area contributed by atoms with Crippen molar-refractivity contribution in [2.45, 2.75) is 23.5 Å². The number of hydrogen-bond acceptors (Lipinski definition) is 11. The van der Waals surface area contributed by atoms with Gasteiger partial charge in [-0.15, -0.1) is 0 Å². The molecular weight excluding hydrogens is 477 g/mol. The second kappa shape index (κ2) is 9.37. The summed E-state index contributed by atoms with van der Waals surface area (Å²) in [6.45, 7) is -1.49. The first-order valence-corrected chi connectivity index (χ1v) is 10.5. The minimum atomic E-state index is -3.17. The summed E-state index contributed by atoms with van der Waals surface area (Å²) < 4.78 is 19.7. The Morgan fingerprint density at radius 1 is 1.03 bits per heavy atom. The Morgan fingerprint density at radius 3 is 2.06 bits per heavy atom. The van der Waals surface area contributed by atoms with E-state index >= 15 is 0 Å². The molecule has 2 aromatic carbocycles. The van der Waals surface area contributed by atoms with Crippen LogP contribution in [0.5, 0.6) is 0 Å². The normalized spacial score (nSPS) is 25.3. The third-order valence-corrected chi connectivity index (χ3v) is 5.93. The molecule has 0 bridgehead atoms. The number of anilines is 2. The highest BCUT2D eigenvalue weighted by molar-refractivity contribution is 6.13. The number of carbonyl (C=O) groups excluding carboxylic acids is 2. The van der Waals surface area contributed by atoms with E-state index in [-0.39, 0.29) is 11.1 Å². The molecule has 3 aromatic rings.